The maximum atomic E-state index is 12.6. The quantitative estimate of drug-likeness (QED) is 0.240. The van der Waals surface area contributed by atoms with Gasteiger partial charge in [-0.1, -0.05) is 88.1 Å². The molecule has 4 nitrogen and oxygen atoms in total. The molecular weight excluding hydrogens is 406 g/mol. The number of anilines is 1. The molecule has 0 bridgehead atoms. The zero-order valence-corrected chi connectivity index (χ0v) is 20.1. The van der Waals surface area contributed by atoms with Crippen molar-refractivity contribution in [3.63, 3.8) is 0 Å². The Balaban J connectivity index is 1.89. The molecule has 0 aliphatic rings. The normalized spacial score (nSPS) is 10.8. The van der Waals surface area contributed by atoms with Crippen LogP contribution in [0.15, 0.2) is 29.6 Å². The highest BCUT2D eigenvalue weighted by Crippen LogP contribution is 2.36. The minimum atomic E-state index is -0.391. The summed E-state index contributed by atoms with van der Waals surface area (Å²) in [6.45, 7) is 6.35. The second-order valence-corrected chi connectivity index (χ2v) is 8.95. The molecule has 31 heavy (non-hydrogen) atoms. The second kappa shape index (κ2) is 14.0. The van der Waals surface area contributed by atoms with Crippen molar-refractivity contribution in [3.8, 4) is 11.1 Å². The van der Waals surface area contributed by atoms with E-state index in [2.05, 4.69) is 12.2 Å². The monoisotopic (exact) mass is 443 g/mol. The summed E-state index contributed by atoms with van der Waals surface area (Å²) in [7, 11) is 0. The standard InChI is InChI=1S/C26H37NO3S/c1-4-6-7-8-9-10-11-12-13-14-23(28)27-25-24(26(29)30-5-2)22(19-31-25)21-17-15-20(3)16-18-21/h15-19H,4-14H2,1-3H3,(H,27,28). The van der Waals surface area contributed by atoms with Crippen LogP contribution in [-0.4, -0.2) is 18.5 Å². The van der Waals surface area contributed by atoms with Gasteiger partial charge in [-0.25, -0.2) is 4.79 Å². The molecule has 0 unspecified atom stereocenters. The predicted molar refractivity (Wildman–Crippen MR) is 131 cm³/mol. The number of hydrogen-bond acceptors (Lipinski definition) is 4. The van der Waals surface area contributed by atoms with Crippen molar-refractivity contribution >= 4 is 28.2 Å². The molecule has 2 aromatic rings. The maximum absolute atomic E-state index is 12.6. The van der Waals surface area contributed by atoms with Crippen LogP contribution in [-0.2, 0) is 9.53 Å². The number of carbonyl (C=O) groups excluding carboxylic acids is 2. The fourth-order valence-corrected chi connectivity index (χ4v) is 4.56. The number of unbranched alkanes of at least 4 members (excludes halogenated alkanes) is 8. The summed E-state index contributed by atoms with van der Waals surface area (Å²) in [6, 6.07) is 8.02. The van der Waals surface area contributed by atoms with Crippen LogP contribution in [0, 0.1) is 6.92 Å². The third-order valence-corrected chi connectivity index (χ3v) is 6.29. The predicted octanol–water partition coefficient (Wildman–Crippen LogP) is 7.76. The number of carbonyl (C=O) groups is 2. The first kappa shape index (κ1) is 25.1. The van der Waals surface area contributed by atoms with Crippen LogP contribution < -0.4 is 5.32 Å². The lowest BCUT2D eigenvalue weighted by atomic mass is 10.0. The third-order valence-electron chi connectivity index (χ3n) is 5.39. The Morgan fingerprint density at radius 3 is 2.13 bits per heavy atom. The molecule has 0 spiro atoms. The van der Waals surface area contributed by atoms with E-state index < -0.39 is 5.97 Å². The summed E-state index contributed by atoms with van der Waals surface area (Å²) in [5.74, 6) is -0.427. The van der Waals surface area contributed by atoms with Crippen molar-refractivity contribution in [3.05, 3.63) is 40.8 Å². The topological polar surface area (TPSA) is 55.4 Å². The highest BCUT2D eigenvalue weighted by Gasteiger charge is 2.22. The van der Waals surface area contributed by atoms with Gasteiger partial charge >= 0.3 is 5.97 Å². The first-order valence-corrected chi connectivity index (χ1v) is 12.6. The second-order valence-electron chi connectivity index (χ2n) is 8.07. The van der Waals surface area contributed by atoms with Gasteiger partial charge in [0.25, 0.3) is 0 Å². The SMILES string of the molecule is CCCCCCCCCCCC(=O)Nc1scc(-c2ccc(C)cc2)c1C(=O)OCC. The van der Waals surface area contributed by atoms with Crippen molar-refractivity contribution in [1.82, 2.24) is 0 Å². The van der Waals surface area contributed by atoms with Crippen molar-refractivity contribution in [1.29, 1.82) is 0 Å². The zero-order chi connectivity index (χ0) is 22.5. The molecule has 1 aromatic heterocycles. The number of nitrogens with one attached hydrogen (secondary N) is 1. The molecule has 1 amide bonds. The van der Waals surface area contributed by atoms with E-state index in [-0.39, 0.29) is 5.91 Å². The van der Waals surface area contributed by atoms with Crippen molar-refractivity contribution < 1.29 is 14.3 Å². The van der Waals surface area contributed by atoms with Crippen LogP contribution in [0.4, 0.5) is 5.00 Å². The summed E-state index contributed by atoms with van der Waals surface area (Å²) in [5, 5.41) is 5.46. The lowest BCUT2D eigenvalue weighted by Crippen LogP contribution is -2.14. The van der Waals surface area contributed by atoms with Crippen LogP contribution in [0.2, 0.25) is 0 Å². The van der Waals surface area contributed by atoms with Crippen LogP contribution in [0.3, 0.4) is 0 Å². The number of aryl methyl sites for hydroxylation is 1. The Kier molecular flexibility index (Phi) is 11.4. The largest absolute Gasteiger partial charge is 0.462 e. The molecule has 1 N–H and O–H groups in total. The van der Waals surface area contributed by atoms with E-state index in [1.165, 1.54) is 56.3 Å². The van der Waals surface area contributed by atoms with Gasteiger partial charge in [0.1, 0.15) is 10.6 Å². The van der Waals surface area contributed by atoms with Gasteiger partial charge in [0.15, 0.2) is 0 Å². The molecule has 170 valence electrons. The Morgan fingerprint density at radius 1 is 0.903 bits per heavy atom. The van der Waals surface area contributed by atoms with E-state index in [1.54, 1.807) is 6.92 Å². The number of thiophene rings is 1. The molecule has 0 aliphatic heterocycles. The molecule has 1 heterocycles. The Bertz CT molecular complexity index is 811. The van der Waals surface area contributed by atoms with E-state index >= 15 is 0 Å². The molecule has 0 radical (unpaired) electrons. The molecule has 0 saturated carbocycles. The average molecular weight is 444 g/mol. The Morgan fingerprint density at radius 2 is 1.52 bits per heavy atom. The minimum Gasteiger partial charge on any atom is -0.462 e. The zero-order valence-electron chi connectivity index (χ0n) is 19.3. The van der Waals surface area contributed by atoms with Gasteiger partial charge < -0.3 is 10.1 Å². The van der Waals surface area contributed by atoms with Gasteiger partial charge in [-0.15, -0.1) is 11.3 Å². The molecule has 1 aromatic carbocycles. The van der Waals surface area contributed by atoms with Gasteiger partial charge in [-0.3, -0.25) is 4.79 Å². The lowest BCUT2D eigenvalue weighted by Gasteiger charge is -2.09. The van der Waals surface area contributed by atoms with E-state index in [4.69, 9.17) is 4.74 Å². The van der Waals surface area contributed by atoms with E-state index in [1.807, 2.05) is 36.6 Å². The highest BCUT2D eigenvalue weighted by atomic mass is 32.1. The van der Waals surface area contributed by atoms with Crippen LogP contribution >= 0.6 is 11.3 Å². The van der Waals surface area contributed by atoms with Crippen molar-refractivity contribution in [2.45, 2.75) is 85.0 Å². The lowest BCUT2D eigenvalue weighted by molar-refractivity contribution is -0.116. The smallest absolute Gasteiger partial charge is 0.341 e. The fourth-order valence-electron chi connectivity index (χ4n) is 3.59. The van der Waals surface area contributed by atoms with E-state index in [0.717, 1.165) is 29.5 Å². The van der Waals surface area contributed by atoms with E-state index in [9.17, 15) is 9.59 Å². The summed E-state index contributed by atoms with van der Waals surface area (Å²) in [5.41, 5.74) is 3.37. The van der Waals surface area contributed by atoms with Crippen molar-refractivity contribution in [2.24, 2.45) is 0 Å². The Hall–Kier alpha value is -2.14. The molecule has 0 fully saturated rings. The number of ether oxygens (including phenoxy) is 1. The molecular formula is C26H37NO3S. The first-order chi connectivity index (χ1) is 15.1. The summed E-state index contributed by atoms with van der Waals surface area (Å²) < 4.78 is 5.27. The number of amides is 1. The fraction of sp³-hybridized carbons (Fsp3) is 0.538. The molecule has 5 heteroatoms. The molecule has 0 aliphatic carbocycles. The number of benzene rings is 1. The Labute approximate surface area is 191 Å². The van der Waals surface area contributed by atoms with Gasteiger partial charge in [-0.2, -0.15) is 0 Å². The minimum absolute atomic E-state index is 0.0363. The summed E-state index contributed by atoms with van der Waals surface area (Å²) >= 11 is 1.38. The first-order valence-electron chi connectivity index (χ1n) is 11.7. The van der Waals surface area contributed by atoms with Gasteiger partial charge in [-0.05, 0) is 25.8 Å². The van der Waals surface area contributed by atoms with E-state index in [0.29, 0.717) is 23.6 Å². The van der Waals surface area contributed by atoms with Gasteiger partial charge in [0.05, 0.1) is 6.61 Å². The average Bonchev–Trinajstić information content (AvgIpc) is 3.16. The molecule has 2 rings (SSSR count). The maximum Gasteiger partial charge on any atom is 0.341 e. The number of rotatable bonds is 14. The summed E-state index contributed by atoms with van der Waals surface area (Å²) in [4.78, 5) is 25.1. The van der Waals surface area contributed by atoms with Crippen LogP contribution in [0.25, 0.3) is 11.1 Å². The van der Waals surface area contributed by atoms with Crippen LogP contribution in [0.5, 0.6) is 0 Å². The van der Waals surface area contributed by atoms with Crippen LogP contribution in [0.1, 0.15) is 94.0 Å². The van der Waals surface area contributed by atoms with Gasteiger partial charge in [0.2, 0.25) is 5.91 Å². The number of esters is 1. The summed E-state index contributed by atoms with van der Waals surface area (Å²) in [6.07, 6.45) is 11.5. The number of hydrogen-bond donors (Lipinski definition) is 1. The van der Waals surface area contributed by atoms with Gasteiger partial charge in [0, 0.05) is 17.4 Å². The molecule has 0 saturated heterocycles. The molecule has 0 atom stereocenters. The highest BCUT2D eigenvalue weighted by molar-refractivity contribution is 7.15. The third kappa shape index (κ3) is 8.48. The van der Waals surface area contributed by atoms with Crippen molar-refractivity contribution in [2.75, 3.05) is 11.9 Å².